The third-order valence-corrected chi connectivity index (χ3v) is 7.40. The van der Waals surface area contributed by atoms with Crippen molar-refractivity contribution in [3.63, 3.8) is 0 Å². The average Bonchev–Trinajstić information content (AvgIpc) is 2.72. The van der Waals surface area contributed by atoms with Gasteiger partial charge in [-0.2, -0.15) is 0 Å². The quantitative estimate of drug-likeness (QED) is 0.838. The van der Waals surface area contributed by atoms with Crippen molar-refractivity contribution in [2.45, 2.75) is 90.2 Å². The molecule has 3 nitrogen and oxygen atoms in total. The first kappa shape index (κ1) is 15.3. The van der Waals surface area contributed by atoms with Gasteiger partial charge in [-0.1, -0.05) is 40.0 Å². The summed E-state index contributed by atoms with van der Waals surface area (Å²) in [7, 11) is 0. The lowest BCUT2D eigenvalue weighted by Crippen LogP contribution is -2.49. The first-order valence-electron chi connectivity index (χ1n) is 8.79. The maximum absolute atomic E-state index is 12.4. The van der Waals surface area contributed by atoms with Crippen molar-refractivity contribution >= 4 is 5.91 Å². The van der Waals surface area contributed by atoms with Gasteiger partial charge in [0.25, 0.3) is 0 Å². The van der Waals surface area contributed by atoms with Crippen LogP contribution in [-0.4, -0.2) is 22.7 Å². The summed E-state index contributed by atoms with van der Waals surface area (Å²) in [5.74, 6) is 0.805. The number of fused-ring (bicyclic) bond motifs is 2. The first-order valence-corrected chi connectivity index (χ1v) is 8.79. The van der Waals surface area contributed by atoms with Crippen molar-refractivity contribution in [1.29, 1.82) is 0 Å². The van der Waals surface area contributed by atoms with Crippen molar-refractivity contribution in [1.82, 2.24) is 5.32 Å². The highest BCUT2D eigenvalue weighted by Crippen LogP contribution is 2.65. The normalized spacial score (nSPS) is 40.2. The molecule has 3 aliphatic carbocycles. The van der Waals surface area contributed by atoms with Crippen LogP contribution >= 0.6 is 0 Å². The molecule has 0 aromatic rings. The monoisotopic (exact) mass is 293 g/mol. The molecule has 1 amide bonds. The molecule has 3 atom stereocenters. The number of carbonyl (C=O) groups is 1. The van der Waals surface area contributed by atoms with Crippen LogP contribution in [0.5, 0.6) is 0 Å². The maximum atomic E-state index is 12.4. The molecule has 0 radical (unpaired) electrons. The minimum Gasteiger partial charge on any atom is -0.389 e. The van der Waals surface area contributed by atoms with Gasteiger partial charge in [0.2, 0.25) is 5.91 Å². The molecule has 2 bridgehead atoms. The first-order chi connectivity index (χ1) is 9.77. The SMILES string of the molecule is CC1(C)[C@H]2CC[C@@]1(C)[C@@H](NC(=O)CC1(O)CCCCC1)C2. The number of aliphatic hydroxyl groups is 1. The average molecular weight is 293 g/mol. The fourth-order valence-corrected chi connectivity index (χ4v) is 5.35. The van der Waals surface area contributed by atoms with Crippen LogP contribution in [0.4, 0.5) is 0 Å². The molecule has 3 aliphatic rings. The molecule has 3 rings (SSSR count). The minimum absolute atomic E-state index is 0.0639. The van der Waals surface area contributed by atoms with E-state index in [-0.39, 0.29) is 11.3 Å². The molecule has 21 heavy (non-hydrogen) atoms. The second-order valence-electron chi connectivity index (χ2n) is 8.69. The summed E-state index contributed by atoms with van der Waals surface area (Å²) in [5.41, 5.74) is -0.189. The highest BCUT2D eigenvalue weighted by Gasteiger charge is 2.61. The van der Waals surface area contributed by atoms with E-state index in [1.54, 1.807) is 0 Å². The van der Waals surface area contributed by atoms with Crippen LogP contribution in [-0.2, 0) is 4.79 Å². The second-order valence-corrected chi connectivity index (χ2v) is 8.69. The Balaban J connectivity index is 1.61. The molecular formula is C18H31NO2. The number of amides is 1. The van der Waals surface area contributed by atoms with E-state index in [0.29, 0.717) is 17.9 Å². The van der Waals surface area contributed by atoms with Crippen molar-refractivity contribution in [2.75, 3.05) is 0 Å². The Bertz CT molecular complexity index is 425. The Labute approximate surface area is 128 Å². The van der Waals surface area contributed by atoms with E-state index < -0.39 is 5.60 Å². The number of hydrogen-bond acceptors (Lipinski definition) is 2. The Kier molecular flexibility index (Phi) is 3.63. The standard InChI is InChI=1S/C18H31NO2/c1-16(2)13-7-10-17(16,3)14(11-13)19-15(20)12-18(21)8-5-4-6-9-18/h13-14,21H,4-12H2,1-3H3,(H,19,20)/t13-,14-,17-/m0/s1. The molecular weight excluding hydrogens is 262 g/mol. The van der Waals surface area contributed by atoms with E-state index in [0.717, 1.165) is 38.0 Å². The molecule has 3 saturated carbocycles. The third-order valence-electron chi connectivity index (χ3n) is 7.40. The molecule has 3 fully saturated rings. The lowest BCUT2D eigenvalue weighted by Gasteiger charge is -2.40. The van der Waals surface area contributed by atoms with Gasteiger partial charge in [0.05, 0.1) is 12.0 Å². The van der Waals surface area contributed by atoms with Gasteiger partial charge < -0.3 is 10.4 Å². The zero-order chi connectivity index (χ0) is 15.3. The van der Waals surface area contributed by atoms with E-state index in [1.807, 2.05) is 0 Å². The molecule has 0 aliphatic heterocycles. The van der Waals surface area contributed by atoms with E-state index in [4.69, 9.17) is 0 Å². The Morgan fingerprint density at radius 1 is 1.14 bits per heavy atom. The van der Waals surface area contributed by atoms with Crippen LogP contribution < -0.4 is 5.32 Å². The molecule has 0 unspecified atom stereocenters. The van der Waals surface area contributed by atoms with Crippen molar-refractivity contribution < 1.29 is 9.90 Å². The van der Waals surface area contributed by atoms with E-state index >= 15 is 0 Å². The summed E-state index contributed by atoms with van der Waals surface area (Å²) < 4.78 is 0. The summed E-state index contributed by atoms with van der Waals surface area (Å²) in [6, 6.07) is 0.297. The number of nitrogens with one attached hydrogen (secondary N) is 1. The Hall–Kier alpha value is -0.570. The van der Waals surface area contributed by atoms with Gasteiger partial charge in [-0.25, -0.2) is 0 Å². The predicted molar refractivity (Wildman–Crippen MR) is 83.8 cm³/mol. The molecule has 0 spiro atoms. The van der Waals surface area contributed by atoms with Gasteiger partial charge in [0, 0.05) is 6.04 Å². The Morgan fingerprint density at radius 3 is 2.33 bits per heavy atom. The van der Waals surface area contributed by atoms with Crippen LogP contribution in [0.3, 0.4) is 0 Å². The van der Waals surface area contributed by atoms with E-state index in [1.165, 1.54) is 19.3 Å². The number of hydrogen-bond donors (Lipinski definition) is 2. The van der Waals surface area contributed by atoms with Crippen molar-refractivity contribution in [3.05, 3.63) is 0 Å². The van der Waals surface area contributed by atoms with Gasteiger partial charge in [0.15, 0.2) is 0 Å². The molecule has 0 heterocycles. The molecule has 3 heteroatoms. The van der Waals surface area contributed by atoms with Crippen molar-refractivity contribution in [2.24, 2.45) is 16.7 Å². The predicted octanol–water partition coefficient (Wildman–Crippen LogP) is 3.40. The molecule has 120 valence electrons. The van der Waals surface area contributed by atoms with Crippen LogP contribution in [0.25, 0.3) is 0 Å². The topological polar surface area (TPSA) is 49.3 Å². The van der Waals surface area contributed by atoms with Crippen LogP contribution in [0.2, 0.25) is 0 Å². The van der Waals surface area contributed by atoms with Crippen LogP contribution in [0, 0.1) is 16.7 Å². The molecule has 0 aromatic heterocycles. The molecule has 0 saturated heterocycles. The third kappa shape index (κ3) is 2.42. The van der Waals surface area contributed by atoms with Gasteiger partial charge in [-0.15, -0.1) is 0 Å². The van der Waals surface area contributed by atoms with Gasteiger partial charge >= 0.3 is 0 Å². The fourth-order valence-electron chi connectivity index (χ4n) is 5.35. The largest absolute Gasteiger partial charge is 0.389 e. The van der Waals surface area contributed by atoms with Crippen molar-refractivity contribution in [3.8, 4) is 0 Å². The van der Waals surface area contributed by atoms with Gasteiger partial charge in [-0.05, 0) is 48.9 Å². The summed E-state index contributed by atoms with van der Waals surface area (Å²) in [6.07, 6.45) is 8.82. The number of rotatable bonds is 3. The highest BCUT2D eigenvalue weighted by molar-refractivity contribution is 5.77. The summed E-state index contributed by atoms with van der Waals surface area (Å²) in [6.45, 7) is 7.08. The lowest BCUT2D eigenvalue weighted by molar-refractivity contribution is -0.129. The van der Waals surface area contributed by atoms with Crippen LogP contribution in [0.15, 0.2) is 0 Å². The highest BCUT2D eigenvalue weighted by atomic mass is 16.3. The summed E-state index contributed by atoms with van der Waals surface area (Å²) in [4.78, 5) is 12.4. The second kappa shape index (κ2) is 4.97. The molecule has 0 aromatic carbocycles. The lowest BCUT2D eigenvalue weighted by atomic mass is 9.69. The minimum atomic E-state index is -0.740. The zero-order valence-electron chi connectivity index (χ0n) is 13.9. The zero-order valence-corrected chi connectivity index (χ0v) is 13.9. The molecule has 2 N–H and O–H groups in total. The Morgan fingerprint density at radius 2 is 1.81 bits per heavy atom. The fraction of sp³-hybridized carbons (Fsp3) is 0.944. The van der Waals surface area contributed by atoms with Gasteiger partial charge in [-0.3, -0.25) is 4.79 Å². The van der Waals surface area contributed by atoms with E-state index in [9.17, 15) is 9.90 Å². The van der Waals surface area contributed by atoms with E-state index in [2.05, 4.69) is 26.1 Å². The summed E-state index contributed by atoms with van der Waals surface area (Å²) in [5, 5.41) is 13.8. The van der Waals surface area contributed by atoms with Gasteiger partial charge in [0.1, 0.15) is 0 Å². The summed E-state index contributed by atoms with van der Waals surface area (Å²) >= 11 is 0. The van der Waals surface area contributed by atoms with Crippen LogP contribution in [0.1, 0.15) is 78.6 Å². The maximum Gasteiger partial charge on any atom is 0.223 e. The smallest absolute Gasteiger partial charge is 0.223 e. The number of carbonyl (C=O) groups excluding carboxylic acids is 1.